The molecule has 1 fully saturated rings. The summed E-state index contributed by atoms with van der Waals surface area (Å²) in [5, 5.41) is 30.4. The SMILES string of the molecule is C[C@@H]1O[C@@H](NS(=O)(=O)c2cccs2)[C@@H](O)[C@H](O)[C@@H]1O. The third-order valence-corrected chi connectivity index (χ3v) is 5.70. The van der Waals surface area contributed by atoms with Crippen molar-refractivity contribution in [2.45, 2.75) is 41.8 Å². The predicted octanol–water partition coefficient (Wildman–Crippen LogP) is -1.15. The van der Waals surface area contributed by atoms with E-state index >= 15 is 0 Å². The number of rotatable bonds is 3. The molecule has 1 aliphatic heterocycles. The third-order valence-electron chi connectivity index (χ3n) is 2.88. The van der Waals surface area contributed by atoms with Gasteiger partial charge in [-0.1, -0.05) is 6.07 Å². The Morgan fingerprint density at radius 1 is 1.26 bits per heavy atom. The number of sulfonamides is 1. The first-order valence-corrected chi connectivity index (χ1v) is 7.94. The Kier molecular flexibility index (Phi) is 4.26. The summed E-state index contributed by atoms with van der Waals surface area (Å²) >= 11 is 1.02. The van der Waals surface area contributed by atoms with E-state index in [1.807, 2.05) is 0 Å². The molecule has 9 heteroatoms. The van der Waals surface area contributed by atoms with Crippen LogP contribution in [0.15, 0.2) is 21.7 Å². The molecule has 108 valence electrons. The van der Waals surface area contributed by atoms with Crippen LogP contribution in [0.4, 0.5) is 0 Å². The maximum Gasteiger partial charge on any atom is 0.252 e. The zero-order valence-corrected chi connectivity index (χ0v) is 11.6. The molecule has 2 rings (SSSR count). The quantitative estimate of drug-likeness (QED) is 0.560. The standard InChI is InChI=1S/C10H15NO6S2/c1-5-7(12)8(13)9(14)10(17-5)11-19(15,16)6-3-2-4-18-6/h2-5,7-14H,1H3/t5-,7+,8+,9-,10+/m0/s1. The summed E-state index contributed by atoms with van der Waals surface area (Å²) in [6.07, 6.45) is -6.38. The fraction of sp³-hybridized carbons (Fsp3) is 0.600. The Morgan fingerprint density at radius 3 is 2.53 bits per heavy atom. The summed E-state index contributed by atoms with van der Waals surface area (Å²) in [7, 11) is -3.82. The second-order valence-corrected chi connectivity index (χ2v) is 7.18. The molecule has 19 heavy (non-hydrogen) atoms. The van der Waals surface area contributed by atoms with Gasteiger partial charge in [0.25, 0.3) is 10.0 Å². The smallest absolute Gasteiger partial charge is 0.252 e. The van der Waals surface area contributed by atoms with E-state index in [1.165, 1.54) is 13.0 Å². The summed E-state index contributed by atoms with van der Waals surface area (Å²) in [6, 6.07) is 3.00. The second-order valence-electron chi connectivity index (χ2n) is 4.29. The van der Waals surface area contributed by atoms with Gasteiger partial charge in [-0.05, 0) is 18.4 Å². The summed E-state index contributed by atoms with van der Waals surface area (Å²) in [4.78, 5) is 0. The van der Waals surface area contributed by atoms with Crippen LogP contribution in [0.1, 0.15) is 6.92 Å². The van der Waals surface area contributed by atoms with Crippen LogP contribution in [0.3, 0.4) is 0 Å². The van der Waals surface area contributed by atoms with Gasteiger partial charge in [-0.15, -0.1) is 11.3 Å². The van der Waals surface area contributed by atoms with Gasteiger partial charge in [0.15, 0.2) is 0 Å². The van der Waals surface area contributed by atoms with Gasteiger partial charge in [-0.2, -0.15) is 4.72 Å². The van der Waals surface area contributed by atoms with Crippen LogP contribution in [-0.4, -0.2) is 54.4 Å². The van der Waals surface area contributed by atoms with E-state index in [0.29, 0.717) is 0 Å². The number of aliphatic hydroxyl groups excluding tert-OH is 3. The van der Waals surface area contributed by atoms with Crippen LogP contribution in [0, 0.1) is 0 Å². The van der Waals surface area contributed by atoms with Gasteiger partial charge in [-0.3, -0.25) is 0 Å². The minimum atomic E-state index is -3.82. The van der Waals surface area contributed by atoms with Crippen LogP contribution >= 0.6 is 11.3 Å². The molecule has 1 aromatic rings. The summed E-state index contributed by atoms with van der Waals surface area (Å²) in [5.41, 5.74) is 0. The van der Waals surface area contributed by atoms with Crippen LogP contribution in [0.2, 0.25) is 0 Å². The predicted molar refractivity (Wildman–Crippen MR) is 67.0 cm³/mol. The van der Waals surface area contributed by atoms with Crippen LogP contribution in [-0.2, 0) is 14.8 Å². The topological polar surface area (TPSA) is 116 Å². The molecular formula is C10H15NO6S2. The van der Waals surface area contributed by atoms with E-state index in [9.17, 15) is 23.7 Å². The minimum Gasteiger partial charge on any atom is -0.388 e. The molecule has 7 nitrogen and oxygen atoms in total. The first-order chi connectivity index (χ1) is 8.83. The van der Waals surface area contributed by atoms with E-state index in [2.05, 4.69) is 4.72 Å². The lowest BCUT2D eigenvalue weighted by Gasteiger charge is -2.39. The Hall–Kier alpha value is -0.550. The second kappa shape index (κ2) is 5.44. The number of aliphatic hydroxyl groups is 3. The molecule has 0 bridgehead atoms. The largest absolute Gasteiger partial charge is 0.388 e. The number of hydrogen-bond donors (Lipinski definition) is 4. The summed E-state index contributed by atoms with van der Waals surface area (Å²) in [6.45, 7) is 1.48. The Labute approximate surface area is 114 Å². The lowest BCUT2D eigenvalue weighted by molar-refractivity contribution is -0.219. The molecule has 1 aliphatic rings. The molecule has 0 spiro atoms. The van der Waals surface area contributed by atoms with Crippen molar-refractivity contribution in [1.82, 2.24) is 4.72 Å². The highest BCUT2D eigenvalue weighted by Gasteiger charge is 2.43. The van der Waals surface area contributed by atoms with Gasteiger partial charge in [0.2, 0.25) is 0 Å². The van der Waals surface area contributed by atoms with Gasteiger partial charge in [-0.25, -0.2) is 8.42 Å². The molecule has 1 aromatic heterocycles. The highest BCUT2D eigenvalue weighted by Crippen LogP contribution is 2.22. The first-order valence-electron chi connectivity index (χ1n) is 5.58. The average molecular weight is 309 g/mol. The van der Waals surface area contributed by atoms with Gasteiger partial charge in [0.1, 0.15) is 28.7 Å². The average Bonchev–Trinajstić information content (AvgIpc) is 2.87. The third kappa shape index (κ3) is 2.97. The van der Waals surface area contributed by atoms with Crippen LogP contribution < -0.4 is 4.72 Å². The fourth-order valence-electron chi connectivity index (χ4n) is 1.78. The van der Waals surface area contributed by atoms with Gasteiger partial charge in [0.05, 0.1) is 6.10 Å². The monoisotopic (exact) mass is 309 g/mol. The van der Waals surface area contributed by atoms with Crippen molar-refractivity contribution in [3.05, 3.63) is 17.5 Å². The van der Waals surface area contributed by atoms with E-state index in [0.717, 1.165) is 11.3 Å². The molecule has 1 saturated heterocycles. The molecule has 0 aliphatic carbocycles. The summed E-state index contributed by atoms with van der Waals surface area (Å²) in [5.74, 6) is 0. The van der Waals surface area contributed by atoms with Gasteiger partial charge >= 0.3 is 0 Å². The van der Waals surface area contributed by atoms with Crippen LogP contribution in [0.25, 0.3) is 0 Å². The zero-order valence-electron chi connectivity index (χ0n) is 10.0. The number of hydrogen-bond acceptors (Lipinski definition) is 7. The summed E-state index contributed by atoms with van der Waals surface area (Å²) < 4.78 is 31.3. The van der Waals surface area contributed by atoms with Gasteiger partial charge in [0, 0.05) is 0 Å². The van der Waals surface area contributed by atoms with Crippen molar-refractivity contribution in [3.63, 3.8) is 0 Å². The molecular weight excluding hydrogens is 294 g/mol. The normalized spacial score (nSPS) is 36.3. The van der Waals surface area contributed by atoms with Crippen LogP contribution in [0.5, 0.6) is 0 Å². The van der Waals surface area contributed by atoms with E-state index in [1.54, 1.807) is 11.4 Å². The fourth-order valence-corrected chi connectivity index (χ4v) is 3.92. The Bertz CT molecular complexity index is 516. The zero-order chi connectivity index (χ0) is 14.2. The molecule has 0 unspecified atom stereocenters. The highest BCUT2D eigenvalue weighted by atomic mass is 32.2. The maximum atomic E-state index is 12.0. The molecule has 0 aromatic carbocycles. The maximum absolute atomic E-state index is 12.0. The molecule has 0 saturated carbocycles. The Morgan fingerprint density at radius 2 is 1.95 bits per heavy atom. The van der Waals surface area contributed by atoms with Crippen molar-refractivity contribution in [2.75, 3.05) is 0 Å². The van der Waals surface area contributed by atoms with Crippen molar-refractivity contribution < 1.29 is 28.5 Å². The molecule has 5 atom stereocenters. The molecule has 0 amide bonds. The van der Waals surface area contributed by atoms with E-state index in [-0.39, 0.29) is 4.21 Å². The van der Waals surface area contributed by atoms with Crippen molar-refractivity contribution in [2.24, 2.45) is 0 Å². The Balaban J connectivity index is 2.15. The lowest BCUT2D eigenvalue weighted by Crippen LogP contribution is -2.61. The van der Waals surface area contributed by atoms with Crippen molar-refractivity contribution >= 4 is 21.4 Å². The highest BCUT2D eigenvalue weighted by molar-refractivity contribution is 7.91. The molecule has 2 heterocycles. The first kappa shape index (κ1) is 14.9. The van der Waals surface area contributed by atoms with Crippen molar-refractivity contribution in [1.29, 1.82) is 0 Å². The van der Waals surface area contributed by atoms with Crippen molar-refractivity contribution in [3.8, 4) is 0 Å². The molecule has 0 radical (unpaired) electrons. The van der Waals surface area contributed by atoms with Gasteiger partial charge < -0.3 is 20.1 Å². The van der Waals surface area contributed by atoms with E-state index in [4.69, 9.17) is 4.74 Å². The number of thiophene rings is 1. The lowest BCUT2D eigenvalue weighted by atomic mass is 9.99. The molecule has 4 N–H and O–H groups in total. The minimum absolute atomic E-state index is 0.0802. The van der Waals surface area contributed by atoms with E-state index < -0.39 is 40.7 Å². The number of ether oxygens (including phenoxy) is 1. The number of nitrogens with one attached hydrogen (secondary N) is 1.